The van der Waals surface area contributed by atoms with Gasteiger partial charge in [0.15, 0.2) is 0 Å². The van der Waals surface area contributed by atoms with Gasteiger partial charge in [-0.25, -0.2) is 4.79 Å². The molecule has 2 amide bonds. The Labute approximate surface area is 108 Å². The van der Waals surface area contributed by atoms with Crippen molar-refractivity contribution >= 4 is 29.2 Å². The Kier molecular flexibility index (Phi) is 3.12. The number of anilines is 2. The molecule has 1 atom stereocenters. The number of rotatable bonds is 3. The first kappa shape index (κ1) is 12.9. The van der Waals surface area contributed by atoms with Gasteiger partial charge < -0.3 is 21.5 Å². The number of nitrogen functional groups attached to an aromatic ring is 1. The van der Waals surface area contributed by atoms with Crippen LogP contribution in [0.3, 0.4) is 0 Å². The highest BCUT2D eigenvalue weighted by Gasteiger charge is 2.34. The van der Waals surface area contributed by atoms with Crippen molar-refractivity contribution in [3.63, 3.8) is 0 Å². The quantitative estimate of drug-likeness (QED) is 0.651. The molecular formula is C12H13N3O4. The minimum absolute atomic E-state index is 0.00896. The SMILES string of the molecule is NC(=O)C1CC(=O)N(c2cc(N)cc(C(=O)O)c2)C1. The Hall–Kier alpha value is -2.57. The topological polar surface area (TPSA) is 127 Å². The number of carboxylic acid groups (broad SMARTS) is 1. The van der Waals surface area contributed by atoms with Crippen LogP contribution in [-0.4, -0.2) is 29.4 Å². The van der Waals surface area contributed by atoms with Gasteiger partial charge >= 0.3 is 5.97 Å². The highest BCUT2D eigenvalue weighted by atomic mass is 16.4. The molecule has 7 heteroatoms. The second-order valence-electron chi connectivity index (χ2n) is 4.43. The minimum atomic E-state index is -1.13. The lowest BCUT2D eigenvalue weighted by molar-refractivity contribution is -0.123. The van der Waals surface area contributed by atoms with E-state index < -0.39 is 17.8 Å². The molecule has 7 nitrogen and oxygen atoms in total. The summed E-state index contributed by atoms with van der Waals surface area (Å²) in [5.74, 6) is -2.50. The summed E-state index contributed by atoms with van der Waals surface area (Å²) in [6, 6.07) is 4.14. The monoisotopic (exact) mass is 263 g/mol. The van der Waals surface area contributed by atoms with Crippen molar-refractivity contribution in [1.82, 2.24) is 0 Å². The van der Waals surface area contributed by atoms with Crippen LogP contribution >= 0.6 is 0 Å². The lowest BCUT2D eigenvalue weighted by Gasteiger charge is -2.17. The maximum absolute atomic E-state index is 11.8. The van der Waals surface area contributed by atoms with Crippen LogP contribution in [0.4, 0.5) is 11.4 Å². The Bertz CT molecular complexity index is 570. The van der Waals surface area contributed by atoms with Crippen molar-refractivity contribution in [3.05, 3.63) is 23.8 Å². The van der Waals surface area contributed by atoms with Crippen molar-refractivity contribution in [2.75, 3.05) is 17.2 Å². The predicted octanol–water partition coefficient (Wildman–Crippen LogP) is -0.195. The van der Waals surface area contributed by atoms with Crippen molar-refractivity contribution in [1.29, 1.82) is 0 Å². The largest absolute Gasteiger partial charge is 0.478 e. The zero-order valence-electron chi connectivity index (χ0n) is 10.00. The molecule has 1 heterocycles. The van der Waals surface area contributed by atoms with Crippen molar-refractivity contribution in [2.45, 2.75) is 6.42 Å². The molecule has 2 rings (SSSR count). The molecule has 0 radical (unpaired) electrons. The van der Waals surface area contributed by atoms with Crippen LogP contribution in [0.1, 0.15) is 16.8 Å². The highest BCUT2D eigenvalue weighted by molar-refractivity contribution is 6.01. The van der Waals surface area contributed by atoms with E-state index in [0.29, 0.717) is 5.69 Å². The number of nitrogens with zero attached hydrogens (tertiary/aromatic N) is 1. The smallest absolute Gasteiger partial charge is 0.335 e. The first-order valence-electron chi connectivity index (χ1n) is 5.62. The molecular weight excluding hydrogens is 250 g/mol. The number of aromatic carboxylic acids is 1. The summed E-state index contributed by atoms with van der Waals surface area (Å²) < 4.78 is 0. The average molecular weight is 263 g/mol. The van der Waals surface area contributed by atoms with E-state index in [4.69, 9.17) is 16.6 Å². The maximum Gasteiger partial charge on any atom is 0.335 e. The molecule has 1 aliphatic heterocycles. The molecule has 1 aromatic rings. The zero-order chi connectivity index (χ0) is 14.2. The molecule has 1 saturated heterocycles. The van der Waals surface area contributed by atoms with Gasteiger partial charge in [0.2, 0.25) is 11.8 Å². The number of primary amides is 1. The van der Waals surface area contributed by atoms with Crippen molar-refractivity contribution < 1.29 is 19.5 Å². The maximum atomic E-state index is 11.8. The summed E-state index contributed by atoms with van der Waals surface area (Å²) in [4.78, 5) is 35.2. The standard InChI is InChI=1S/C12H13N3O4/c13-8-1-6(12(18)19)2-9(4-8)15-5-7(11(14)17)3-10(15)16/h1-2,4,7H,3,5,13H2,(H2,14,17)(H,18,19). The van der Waals surface area contributed by atoms with Crippen LogP contribution in [0, 0.1) is 5.92 Å². The number of nitrogens with two attached hydrogens (primary N) is 2. The molecule has 1 aliphatic rings. The van der Waals surface area contributed by atoms with Gasteiger partial charge in [0, 0.05) is 24.3 Å². The summed E-state index contributed by atoms with van der Waals surface area (Å²) in [6.45, 7) is 0.149. The van der Waals surface area contributed by atoms with Gasteiger partial charge in [0.05, 0.1) is 11.5 Å². The van der Waals surface area contributed by atoms with Crippen molar-refractivity contribution in [3.8, 4) is 0 Å². The van der Waals surface area contributed by atoms with E-state index in [1.54, 1.807) is 0 Å². The minimum Gasteiger partial charge on any atom is -0.478 e. The molecule has 100 valence electrons. The molecule has 0 aromatic heterocycles. The molecule has 5 N–H and O–H groups in total. The molecule has 0 saturated carbocycles. The summed E-state index contributed by atoms with van der Waals surface area (Å²) in [5, 5.41) is 8.95. The fraction of sp³-hybridized carbons (Fsp3) is 0.250. The van der Waals surface area contributed by atoms with Gasteiger partial charge in [-0.1, -0.05) is 0 Å². The third-order valence-electron chi connectivity index (χ3n) is 3.03. The number of carboxylic acids is 1. The van der Waals surface area contributed by atoms with Crippen LogP contribution in [0.25, 0.3) is 0 Å². The van der Waals surface area contributed by atoms with E-state index in [1.165, 1.54) is 23.1 Å². The summed E-state index contributed by atoms with van der Waals surface area (Å²) in [7, 11) is 0. The third-order valence-corrected chi connectivity index (χ3v) is 3.03. The number of benzene rings is 1. The lowest BCUT2D eigenvalue weighted by Crippen LogP contribution is -2.28. The van der Waals surface area contributed by atoms with E-state index in [2.05, 4.69) is 0 Å². The van der Waals surface area contributed by atoms with E-state index in [-0.39, 0.29) is 30.1 Å². The van der Waals surface area contributed by atoms with E-state index in [9.17, 15) is 14.4 Å². The highest BCUT2D eigenvalue weighted by Crippen LogP contribution is 2.27. The number of amides is 2. The van der Waals surface area contributed by atoms with E-state index >= 15 is 0 Å². The molecule has 1 aromatic carbocycles. The molecule has 1 fully saturated rings. The number of carbonyl (C=O) groups is 3. The molecule has 0 aliphatic carbocycles. The van der Waals surface area contributed by atoms with Crippen LogP contribution < -0.4 is 16.4 Å². The Morgan fingerprint density at radius 2 is 2.00 bits per heavy atom. The number of carbonyl (C=O) groups excluding carboxylic acids is 2. The zero-order valence-corrected chi connectivity index (χ0v) is 10.00. The molecule has 0 bridgehead atoms. The van der Waals surface area contributed by atoms with Gasteiger partial charge in [-0.15, -0.1) is 0 Å². The Morgan fingerprint density at radius 3 is 2.53 bits per heavy atom. The van der Waals surface area contributed by atoms with Crippen molar-refractivity contribution in [2.24, 2.45) is 11.7 Å². The van der Waals surface area contributed by atoms with E-state index in [0.717, 1.165) is 0 Å². The van der Waals surface area contributed by atoms with Crippen LogP contribution in [0.15, 0.2) is 18.2 Å². The third kappa shape index (κ3) is 2.49. The van der Waals surface area contributed by atoms with Gasteiger partial charge in [0.1, 0.15) is 0 Å². The number of hydrogen-bond acceptors (Lipinski definition) is 4. The Balaban J connectivity index is 2.34. The first-order chi connectivity index (χ1) is 8.88. The first-order valence-corrected chi connectivity index (χ1v) is 5.62. The molecule has 1 unspecified atom stereocenters. The lowest BCUT2D eigenvalue weighted by atomic mass is 10.1. The second kappa shape index (κ2) is 4.60. The average Bonchev–Trinajstić information content (AvgIpc) is 2.70. The van der Waals surface area contributed by atoms with Gasteiger partial charge in [-0.2, -0.15) is 0 Å². The van der Waals surface area contributed by atoms with Gasteiger partial charge in [-0.05, 0) is 18.2 Å². The normalized spacial score (nSPS) is 18.6. The second-order valence-corrected chi connectivity index (χ2v) is 4.43. The van der Waals surface area contributed by atoms with E-state index in [1.807, 2.05) is 0 Å². The fourth-order valence-corrected chi connectivity index (χ4v) is 2.06. The summed E-state index contributed by atoms with van der Waals surface area (Å²) >= 11 is 0. The van der Waals surface area contributed by atoms with Crippen LogP contribution in [0.5, 0.6) is 0 Å². The predicted molar refractivity (Wildman–Crippen MR) is 67.5 cm³/mol. The van der Waals surface area contributed by atoms with Gasteiger partial charge in [0.25, 0.3) is 0 Å². The van der Waals surface area contributed by atoms with Gasteiger partial charge in [-0.3, -0.25) is 9.59 Å². The van der Waals surface area contributed by atoms with Crippen LogP contribution in [0.2, 0.25) is 0 Å². The summed E-state index contributed by atoms with van der Waals surface area (Å²) in [5.41, 5.74) is 11.4. The summed E-state index contributed by atoms with van der Waals surface area (Å²) in [6.07, 6.45) is 0.0343. The fourth-order valence-electron chi connectivity index (χ4n) is 2.06. The Morgan fingerprint density at radius 1 is 1.32 bits per heavy atom. The molecule has 19 heavy (non-hydrogen) atoms. The number of hydrogen-bond donors (Lipinski definition) is 3. The van der Waals surface area contributed by atoms with Crippen LogP contribution in [-0.2, 0) is 9.59 Å². The molecule has 0 spiro atoms.